The lowest BCUT2D eigenvalue weighted by Crippen LogP contribution is -2.45. The Hall–Kier alpha value is -2.89. The van der Waals surface area contributed by atoms with Crippen molar-refractivity contribution >= 4 is 23.2 Å². The molecule has 6 heteroatoms. The number of carbonyl (C=O) groups excluding carboxylic acids is 2. The van der Waals surface area contributed by atoms with Crippen molar-refractivity contribution < 1.29 is 14.3 Å². The summed E-state index contributed by atoms with van der Waals surface area (Å²) in [7, 11) is 0. The minimum atomic E-state index is -0.944. The van der Waals surface area contributed by atoms with E-state index in [1.165, 1.54) is 0 Å². The molecule has 1 aromatic carbocycles. The molecule has 2 amide bonds. The Labute approximate surface area is 127 Å². The topological polar surface area (TPSA) is 80.3 Å². The van der Waals surface area contributed by atoms with Gasteiger partial charge in [-0.15, -0.1) is 0 Å². The van der Waals surface area contributed by atoms with Crippen molar-refractivity contribution in [3.8, 4) is 5.75 Å². The highest BCUT2D eigenvalue weighted by atomic mass is 16.5. The summed E-state index contributed by atoms with van der Waals surface area (Å²) in [5.41, 5.74) is 0.495. The highest BCUT2D eigenvalue weighted by Crippen LogP contribution is 2.38. The van der Waals surface area contributed by atoms with Crippen molar-refractivity contribution in [1.29, 1.82) is 0 Å². The number of hydrogen-bond donors (Lipinski definition) is 2. The third-order valence-corrected chi connectivity index (χ3v) is 3.37. The van der Waals surface area contributed by atoms with Crippen LogP contribution in [0.1, 0.15) is 24.2 Å². The molecule has 0 bridgehead atoms. The van der Waals surface area contributed by atoms with E-state index in [1.54, 1.807) is 56.6 Å². The summed E-state index contributed by atoms with van der Waals surface area (Å²) in [6.45, 7) is 3.38. The second-order valence-electron chi connectivity index (χ2n) is 5.44. The minimum absolute atomic E-state index is 0.259. The first-order valence-electron chi connectivity index (χ1n) is 6.82. The monoisotopic (exact) mass is 297 g/mol. The number of aromatic nitrogens is 1. The molecule has 2 aromatic rings. The maximum Gasteiger partial charge on any atom is 0.268 e. The first-order valence-corrected chi connectivity index (χ1v) is 6.82. The summed E-state index contributed by atoms with van der Waals surface area (Å²) < 4.78 is 5.69. The van der Waals surface area contributed by atoms with Crippen LogP contribution in [0.3, 0.4) is 0 Å². The Bertz CT molecular complexity index is 742. The van der Waals surface area contributed by atoms with E-state index in [1.807, 2.05) is 0 Å². The average Bonchev–Trinajstić information content (AvgIpc) is 2.50. The van der Waals surface area contributed by atoms with Crippen LogP contribution in [-0.2, 0) is 4.79 Å². The van der Waals surface area contributed by atoms with Crippen LogP contribution >= 0.6 is 0 Å². The van der Waals surface area contributed by atoms with Crippen molar-refractivity contribution in [2.24, 2.45) is 0 Å². The third-order valence-electron chi connectivity index (χ3n) is 3.37. The van der Waals surface area contributed by atoms with Crippen molar-refractivity contribution in [2.45, 2.75) is 19.4 Å². The van der Waals surface area contributed by atoms with Crippen molar-refractivity contribution in [2.75, 3.05) is 10.6 Å². The fraction of sp³-hybridized carbons (Fsp3) is 0.188. The van der Waals surface area contributed by atoms with Gasteiger partial charge in [-0.3, -0.25) is 14.6 Å². The Morgan fingerprint density at radius 3 is 2.68 bits per heavy atom. The Balaban J connectivity index is 1.91. The van der Waals surface area contributed by atoms with Gasteiger partial charge in [-0.2, -0.15) is 0 Å². The number of anilines is 2. The lowest BCUT2D eigenvalue weighted by Gasteiger charge is -2.32. The molecule has 6 nitrogen and oxygen atoms in total. The quantitative estimate of drug-likeness (QED) is 0.892. The van der Waals surface area contributed by atoms with Gasteiger partial charge in [0, 0.05) is 18.0 Å². The smallest absolute Gasteiger partial charge is 0.268 e. The van der Waals surface area contributed by atoms with E-state index in [0.717, 1.165) is 0 Å². The molecule has 0 atom stereocenters. The predicted octanol–water partition coefficient (Wildman–Crippen LogP) is 2.44. The largest absolute Gasteiger partial charge is 0.476 e. The summed E-state index contributed by atoms with van der Waals surface area (Å²) >= 11 is 0. The van der Waals surface area contributed by atoms with Gasteiger partial charge in [0.1, 0.15) is 11.4 Å². The maximum absolute atomic E-state index is 12.2. The van der Waals surface area contributed by atoms with Gasteiger partial charge in [0.2, 0.25) is 0 Å². The maximum atomic E-state index is 12.2. The molecular weight excluding hydrogens is 282 g/mol. The number of ether oxygens (including phenoxy) is 1. The lowest BCUT2D eigenvalue weighted by atomic mass is 10.1. The molecule has 1 aliphatic heterocycles. The zero-order valence-electron chi connectivity index (χ0n) is 12.2. The number of rotatable bonds is 2. The zero-order valence-corrected chi connectivity index (χ0v) is 12.2. The molecule has 0 fully saturated rings. The molecular formula is C16H15N3O3. The van der Waals surface area contributed by atoms with Gasteiger partial charge in [-0.25, -0.2) is 0 Å². The molecule has 0 spiro atoms. The van der Waals surface area contributed by atoms with Gasteiger partial charge in [0.15, 0.2) is 5.60 Å². The SMILES string of the molecule is CC1(C)Oc2cccc(NC(=O)c3ccncc3)c2NC1=O. The first kappa shape index (κ1) is 14.1. The second-order valence-corrected chi connectivity index (χ2v) is 5.44. The van der Waals surface area contributed by atoms with Gasteiger partial charge in [0.05, 0.1) is 5.69 Å². The summed E-state index contributed by atoms with van der Waals surface area (Å²) in [5, 5.41) is 5.56. The molecule has 3 rings (SSSR count). The van der Waals surface area contributed by atoms with E-state index in [2.05, 4.69) is 15.6 Å². The minimum Gasteiger partial charge on any atom is -0.476 e. The molecule has 1 aliphatic rings. The van der Waals surface area contributed by atoms with Crippen molar-refractivity contribution in [1.82, 2.24) is 4.98 Å². The molecule has 0 aliphatic carbocycles. The zero-order chi connectivity index (χ0) is 15.7. The van der Waals surface area contributed by atoms with Crippen LogP contribution in [0.15, 0.2) is 42.7 Å². The fourth-order valence-electron chi connectivity index (χ4n) is 2.13. The van der Waals surface area contributed by atoms with E-state index >= 15 is 0 Å². The molecule has 22 heavy (non-hydrogen) atoms. The summed E-state index contributed by atoms with van der Waals surface area (Å²) in [4.78, 5) is 28.1. The predicted molar refractivity (Wildman–Crippen MR) is 82.0 cm³/mol. The average molecular weight is 297 g/mol. The molecule has 0 unspecified atom stereocenters. The number of nitrogens with one attached hydrogen (secondary N) is 2. The number of benzene rings is 1. The summed E-state index contributed by atoms with van der Waals surface area (Å²) in [5.74, 6) is -0.0161. The lowest BCUT2D eigenvalue weighted by molar-refractivity contribution is -0.129. The van der Waals surface area contributed by atoms with E-state index in [9.17, 15) is 9.59 Å². The molecule has 2 heterocycles. The molecule has 0 radical (unpaired) electrons. The summed E-state index contributed by atoms with van der Waals surface area (Å²) in [6, 6.07) is 8.44. The van der Waals surface area contributed by atoms with E-state index in [0.29, 0.717) is 22.7 Å². The molecule has 2 N–H and O–H groups in total. The van der Waals surface area contributed by atoms with Crippen LogP contribution in [0, 0.1) is 0 Å². The molecule has 0 saturated carbocycles. The fourth-order valence-corrected chi connectivity index (χ4v) is 2.13. The van der Waals surface area contributed by atoms with Gasteiger partial charge >= 0.3 is 0 Å². The van der Waals surface area contributed by atoms with Crippen LogP contribution < -0.4 is 15.4 Å². The summed E-state index contributed by atoms with van der Waals surface area (Å²) in [6.07, 6.45) is 3.09. The number of nitrogens with zero attached hydrogens (tertiary/aromatic N) is 1. The van der Waals surface area contributed by atoms with E-state index < -0.39 is 5.60 Å². The third kappa shape index (κ3) is 2.50. The highest BCUT2D eigenvalue weighted by Gasteiger charge is 2.36. The van der Waals surface area contributed by atoms with E-state index in [-0.39, 0.29) is 11.8 Å². The molecule has 112 valence electrons. The normalized spacial score (nSPS) is 15.3. The first-order chi connectivity index (χ1) is 10.5. The van der Waals surface area contributed by atoms with Crippen molar-refractivity contribution in [3.63, 3.8) is 0 Å². The van der Waals surface area contributed by atoms with Crippen molar-refractivity contribution in [3.05, 3.63) is 48.3 Å². The molecule has 1 aromatic heterocycles. The van der Waals surface area contributed by atoms with Crippen LogP contribution in [0.2, 0.25) is 0 Å². The van der Waals surface area contributed by atoms with Gasteiger partial charge < -0.3 is 15.4 Å². The van der Waals surface area contributed by atoms with Crippen LogP contribution in [0.25, 0.3) is 0 Å². The molecule has 0 saturated heterocycles. The van der Waals surface area contributed by atoms with Crippen LogP contribution in [0.4, 0.5) is 11.4 Å². The number of amides is 2. The van der Waals surface area contributed by atoms with Crippen LogP contribution in [-0.4, -0.2) is 22.4 Å². The second kappa shape index (κ2) is 5.14. The number of carbonyl (C=O) groups is 2. The van der Waals surface area contributed by atoms with Gasteiger partial charge in [0.25, 0.3) is 11.8 Å². The Kier molecular flexibility index (Phi) is 3.29. The highest BCUT2D eigenvalue weighted by molar-refractivity contribution is 6.09. The standard InChI is InChI=1S/C16H15N3O3/c1-16(2)15(21)19-13-11(4-3-5-12(13)22-16)18-14(20)10-6-8-17-9-7-10/h3-9H,1-2H3,(H,18,20)(H,19,21). The van der Waals surface area contributed by atoms with Crippen LogP contribution in [0.5, 0.6) is 5.75 Å². The number of hydrogen-bond acceptors (Lipinski definition) is 4. The Morgan fingerprint density at radius 2 is 1.95 bits per heavy atom. The van der Waals surface area contributed by atoms with E-state index in [4.69, 9.17) is 4.74 Å². The van der Waals surface area contributed by atoms with Gasteiger partial charge in [-0.1, -0.05) is 6.07 Å². The number of pyridine rings is 1. The number of fused-ring (bicyclic) bond motifs is 1. The Morgan fingerprint density at radius 1 is 1.23 bits per heavy atom. The number of para-hydroxylation sites is 1. The van der Waals surface area contributed by atoms with Gasteiger partial charge in [-0.05, 0) is 38.1 Å².